The van der Waals surface area contributed by atoms with Crippen LogP contribution in [0.4, 0.5) is 28.9 Å². The topological polar surface area (TPSA) is 125 Å². The van der Waals surface area contributed by atoms with E-state index in [1.165, 1.54) is 24.3 Å². The first-order chi connectivity index (χ1) is 17.8. The molecule has 0 bridgehead atoms. The number of benzene rings is 3. The lowest BCUT2D eigenvalue weighted by atomic mass is 10.0. The highest BCUT2D eigenvalue weighted by Crippen LogP contribution is 2.36. The molecule has 0 radical (unpaired) electrons. The van der Waals surface area contributed by atoms with Crippen LogP contribution in [-0.2, 0) is 11.2 Å². The number of carboxylic acid groups (broad SMARTS) is 1. The summed E-state index contributed by atoms with van der Waals surface area (Å²) in [6.07, 6.45) is -2.54. The standard InChI is InChI=1S/C27H24F4N2O5/c1-26(28,29)27(30,31)38-19-13-10-17(11-14-19)25(36)37-23-8-3-2-6-20(23)21(24(34)35)7-4-5-16-9-12-18(32)15-22(16)33/h2-3,6-15H,4-5,32-33H2,1H3,(H,34,35)/b21-7+. The molecule has 3 rings (SSSR count). The quantitative estimate of drug-likeness (QED) is 0.0991. The summed E-state index contributed by atoms with van der Waals surface area (Å²) in [7, 11) is 0. The molecule has 0 aromatic heterocycles. The fourth-order valence-corrected chi connectivity index (χ4v) is 3.36. The first kappa shape index (κ1) is 28.0. The SMILES string of the molecule is CC(F)(F)C(F)(F)Oc1ccc(C(=O)Oc2ccccc2/C(=C\CCc2ccc(N)cc2N)C(=O)O)cc1. The van der Waals surface area contributed by atoms with Crippen molar-refractivity contribution in [3.63, 3.8) is 0 Å². The summed E-state index contributed by atoms with van der Waals surface area (Å²) in [6.45, 7) is 0.0173. The van der Waals surface area contributed by atoms with Crippen LogP contribution in [-0.4, -0.2) is 29.1 Å². The molecule has 0 atom stereocenters. The highest BCUT2D eigenvalue weighted by Gasteiger charge is 2.55. The Hall–Kier alpha value is -4.54. The number of alkyl halides is 4. The molecule has 0 saturated heterocycles. The fourth-order valence-electron chi connectivity index (χ4n) is 3.36. The van der Waals surface area contributed by atoms with Gasteiger partial charge in [-0.25, -0.2) is 9.59 Å². The van der Waals surface area contributed by atoms with Crippen molar-refractivity contribution in [2.24, 2.45) is 0 Å². The van der Waals surface area contributed by atoms with Gasteiger partial charge in [0.05, 0.1) is 11.1 Å². The third-order valence-corrected chi connectivity index (χ3v) is 5.39. The molecular formula is C27H24F4N2O5. The van der Waals surface area contributed by atoms with Crippen LogP contribution in [0.1, 0.15) is 34.8 Å². The van der Waals surface area contributed by atoms with Gasteiger partial charge >= 0.3 is 24.0 Å². The van der Waals surface area contributed by atoms with Crippen molar-refractivity contribution in [3.8, 4) is 11.5 Å². The van der Waals surface area contributed by atoms with Crippen LogP contribution in [0.5, 0.6) is 11.5 Å². The third kappa shape index (κ3) is 6.81. The van der Waals surface area contributed by atoms with E-state index in [0.717, 1.165) is 29.8 Å². The Morgan fingerprint density at radius 3 is 2.24 bits per heavy atom. The molecule has 0 aliphatic rings. The van der Waals surface area contributed by atoms with Crippen LogP contribution in [0.2, 0.25) is 0 Å². The van der Waals surface area contributed by atoms with Gasteiger partial charge in [-0.1, -0.05) is 30.3 Å². The fraction of sp³-hybridized carbons (Fsp3) is 0.185. The first-order valence-electron chi connectivity index (χ1n) is 11.2. The number of anilines is 2. The number of carbonyl (C=O) groups excluding carboxylic acids is 1. The van der Waals surface area contributed by atoms with Gasteiger partial charge in [0.15, 0.2) is 0 Å². The molecule has 0 fully saturated rings. The van der Waals surface area contributed by atoms with Gasteiger partial charge in [-0.3, -0.25) is 0 Å². The summed E-state index contributed by atoms with van der Waals surface area (Å²) in [5, 5.41) is 9.79. The minimum atomic E-state index is -4.76. The van der Waals surface area contributed by atoms with Crippen molar-refractivity contribution in [2.45, 2.75) is 31.8 Å². The van der Waals surface area contributed by atoms with E-state index in [9.17, 15) is 32.3 Å². The van der Waals surface area contributed by atoms with Gasteiger partial charge in [0.25, 0.3) is 0 Å². The van der Waals surface area contributed by atoms with Crippen molar-refractivity contribution >= 4 is 28.9 Å². The number of carbonyl (C=O) groups is 2. The number of para-hydroxylation sites is 1. The number of aryl methyl sites for hydroxylation is 1. The number of ether oxygens (including phenoxy) is 2. The largest absolute Gasteiger partial charge is 0.478 e. The zero-order valence-corrected chi connectivity index (χ0v) is 20.1. The lowest BCUT2D eigenvalue weighted by molar-refractivity contribution is -0.301. The van der Waals surface area contributed by atoms with Gasteiger partial charge in [0.1, 0.15) is 11.5 Å². The second kappa shape index (κ2) is 11.2. The van der Waals surface area contributed by atoms with Crippen molar-refractivity contribution in [3.05, 3.63) is 89.5 Å². The Balaban J connectivity index is 1.77. The van der Waals surface area contributed by atoms with Crippen molar-refractivity contribution in [1.29, 1.82) is 0 Å². The Bertz CT molecular complexity index is 1350. The number of hydrogen-bond acceptors (Lipinski definition) is 6. The lowest BCUT2D eigenvalue weighted by Crippen LogP contribution is -2.42. The highest BCUT2D eigenvalue weighted by molar-refractivity contribution is 6.16. The second-order valence-corrected chi connectivity index (χ2v) is 8.34. The maximum Gasteiger partial charge on any atom is 0.463 e. The summed E-state index contributed by atoms with van der Waals surface area (Å²) < 4.78 is 62.3. The number of hydrogen-bond donors (Lipinski definition) is 3. The monoisotopic (exact) mass is 532 g/mol. The number of aliphatic carboxylic acids is 1. The molecule has 0 aliphatic carbocycles. The molecule has 0 amide bonds. The molecule has 7 nitrogen and oxygen atoms in total. The minimum absolute atomic E-state index is 0.0173. The van der Waals surface area contributed by atoms with Crippen LogP contribution >= 0.6 is 0 Å². The zero-order chi connectivity index (χ0) is 28.1. The molecule has 11 heteroatoms. The number of carboxylic acids is 1. The van der Waals surface area contributed by atoms with Gasteiger partial charge in [0, 0.05) is 23.9 Å². The third-order valence-electron chi connectivity index (χ3n) is 5.39. The summed E-state index contributed by atoms with van der Waals surface area (Å²) in [5.74, 6) is -7.27. The normalized spacial score (nSPS) is 12.2. The molecule has 0 spiro atoms. The smallest absolute Gasteiger partial charge is 0.463 e. The van der Waals surface area contributed by atoms with E-state index in [2.05, 4.69) is 4.74 Å². The van der Waals surface area contributed by atoms with Crippen LogP contribution in [0.25, 0.3) is 5.57 Å². The number of esters is 1. The van der Waals surface area contributed by atoms with Crippen molar-refractivity contribution in [2.75, 3.05) is 11.5 Å². The molecule has 0 heterocycles. The average molecular weight is 532 g/mol. The average Bonchev–Trinajstić information content (AvgIpc) is 2.83. The van der Waals surface area contributed by atoms with Crippen LogP contribution in [0, 0.1) is 0 Å². The molecular weight excluding hydrogens is 508 g/mol. The van der Waals surface area contributed by atoms with Crippen molar-refractivity contribution < 1.29 is 41.7 Å². The van der Waals surface area contributed by atoms with Gasteiger partial charge in [0.2, 0.25) is 0 Å². The van der Waals surface area contributed by atoms with Crippen molar-refractivity contribution in [1.82, 2.24) is 0 Å². The maximum atomic E-state index is 13.4. The maximum absolute atomic E-state index is 13.4. The number of nitrogens with two attached hydrogens (primary N) is 2. The number of halogens is 4. The van der Waals surface area contributed by atoms with E-state index in [4.69, 9.17) is 16.2 Å². The van der Waals surface area contributed by atoms with Gasteiger partial charge in [-0.05, 0) is 60.9 Å². The Morgan fingerprint density at radius 2 is 1.63 bits per heavy atom. The van der Waals surface area contributed by atoms with E-state index in [0.29, 0.717) is 24.2 Å². The summed E-state index contributed by atoms with van der Waals surface area (Å²) in [4.78, 5) is 24.7. The molecule has 38 heavy (non-hydrogen) atoms. The van der Waals surface area contributed by atoms with E-state index in [-0.39, 0.29) is 29.4 Å². The van der Waals surface area contributed by atoms with E-state index in [1.54, 1.807) is 24.3 Å². The van der Waals surface area contributed by atoms with E-state index in [1.807, 2.05) is 0 Å². The zero-order valence-electron chi connectivity index (χ0n) is 20.1. The first-order valence-corrected chi connectivity index (χ1v) is 11.2. The highest BCUT2D eigenvalue weighted by atomic mass is 19.3. The molecule has 3 aromatic rings. The number of nitrogen functional groups attached to an aromatic ring is 2. The predicted molar refractivity (Wildman–Crippen MR) is 133 cm³/mol. The minimum Gasteiger partial charge on any atom is -0.478 e. The van der Waals surface area contributed by atoms with Gasteiger partial charge in [-0.2, -0.15) is 17.6 Å². The summed E-state index contributed by atoms with van der Waals surface area (Å²) >= 11 is 0. The molecule has 0 aliphatic heterocycles. The van der Waals surface area contributed by atoms with Crippen LogP contribution in [0.15, 0.2) is 72.8 Å². The summed E-state index contributed by atoms with van der Waals surface area (Å²) in [5.41, 5.74) is 13.3. The van der Waals surface area contributed by atoms with Gasteiger partial charge < -0.3 is 26.0 Å². The number of allylic oxidation sites excluding steroid dienone is 1. The predicted octanol–water partition coefficient (Wildman–Crippen LogP) is 5.80. The second-order valence-electron chi connectivity index (χ2n) is 8.34. The Kier molecular flexibility index (Phi) is 8.29. The molecule has 200 valence electrons. The van der Waals surface area contributed by atoms with Crippen LogP contribution < -0.4 is 20.9 Å². The Labute approximate surface area is 215 Å². The molecule has 3 aromatic carbocycles. The number of rotatable bonds is 10. The van der Waals surface area contributed by atoms with Crippen LogP contribution in [0.3, 0.4) is 0 Å². The Morgan fingerprint density at radius 1 is 0.974 bits per heavy atom. The molecule has 5 N–H and O–H groups in total. The lowest BCUT2D eigenvalue weighted by Gasteiger charge is -2.23. The van der Waals surface area contributed by atoms with E-state index < -0.39 is 29.7 Å². The summed E-state index contributed by atoms with van der Waals surface area (Å²) in [6, 6.07) is 14.9. The molecule has 0 saturated carbocycles. The van der Waals surface area contributed by atoms with E-state index >= 15 is 0 Å². The van der Waals surface area contributed by atoms with Gasteiger partial charge in [-0.15, -0.1) is 0 Å². The molecule has 0 unspecified atom stereocenters.